The first kappa shape index (κ1) is 20.1. The predicted octanol–water partition coefficient (Wildman–Crippen LogP) is 5.21. The smallest absolute Gasteiger partial charge is 0.309 e. The van der Waals surface area contributed by atoms with Gasteiger partial charge in [0, 0.05) is 5.56 Å². The number of aryl methyl sites for hydroxylation is 2. The number of thioether (sulfide) groups is 1. The van der Waals surface area contributed by atoms with E-state index in [0.717, 1.165) is 29.5 Å². The molecule has 0 aromatic heterocycles. The second-order valence-electron chi connectivity index (χ2n) is 5.72. The van der Waals surface area contributed by atoms with Crippen LogP contribution in [0.15, 0.2) is 36.4 Å². The molecule has 0 aliphatic carbocycles. The lowest BCUT2D eigenvalue weighted by Crippen LogP contribution is -2.24. The van der Waals surface area contributed by atoms with E-state index in [2.05, 4.69) is 13.0 Å². The van der Waals surface area contributed by atoms with Gasteiger partial charge in [0.25, 0.3) is 0 Å². The Morgan fingerprint density at radius 3 is 2.54 bits per heavy atom. The minimum Gasteiger partial charge on any atom is -0.492 e. The molecule has 2 rings (SSSR count). The summed E-state index contributed by atoms with van der Waals surface area (Å²) in [5, 5.41) is 10.5. The summed E-state index contributed by atoms with van der Waals surface area (Å²) in [5.74, 6) is 1.21. The van der Waals surface area contributed by atoms with Crippen LogP contribution < -0.4 is 14.5 Å². The van der Waals surface area contributed by atoms with Crippen LogP contribution in [0.25, 0.3) is 0 Å². The summed E-state index contributed by atoms with van der Waals surface area (Å²) in [4.78, 5) is 12.0. The third-order valence-electron chi connectivity index (χ3n) is 3.97. The van der Waals surface area contributed by atoms with Gasteiger partial charge in [0.1, 0.15) is 23.8 Å². The maximum absolute atomic E-state index is 12.0. The van der Waals surface area contributed by atoms with Crippen LogP contribution in [-0.4, -0.2) is 23.3 Å². The number of ether oxygens (including phenoxy) is 2. The summed E-state index contributed by atoms with van der Waals surface area (Å²) in [6, 6.07) is 11.4. The Balaban J connectivity index is 2.30. The quantitative estimate of drug-likeness (QED) is 0.531. The number of carbonyl (C=O) groups excluding carboxylic acids is 1. The van der Waals surface area contributed by atoms with Gasteiger partial charge in [0.05, 0.1) is 6.61 Å². The van der Waals surface area contributed by atoms with Crippen LogP contribution in [-0.2, 0) is 13.0 Å². The van der Waals surface area contributed by atoms with Crippen molar-refractivity contribution in [2.24, 2.45) is 0 Å². The molecule has 0 saturated heterocycles. The van der Waals surface area contributed by atoms with Crippen molar-refractivity contribution < 1.29 is 19.5 Å². The van der Waals surface area contributed by atoms with Crippen LogP contribution in [0.1, 0.15) is 30.5 Å². The fourth-order valence-corrected chi connectivity index (χ4v) is 2.89. The van der Waals surface area contributed by atoms with Crippen LogP contribution in [0, 0.1) is 6.92 Å². The van der Waals surface area contributed by atoms with Gasteiger partial charge < -0.3 is 9.47 Å². The summed E-state index contributed by atoms with van der Waals surface area (Å²) < 4.78 is 11.5. The molecule has 1 amide bonds. The first-order chi connectivity index (χ1) is 12.5. The number of amides is 1. The number of carbonyl (C=O) groups is 1. The molecular weight excluding hydrogens is 350 g/mol. The van der Waals surface area contributed by atoms with Gasteiger partial charge in [0.2, 0.25) is 0 Å². The number of para-hydroxylation sites is 1. The molecule has 0 fully saturated rings. The lowest BCUT2D eigenvalue weighted by Gasteiger charge is -2.21. The molecule has 0 bridgehead atoms. The van der Waals surface area contributed by atoms with E-state index >= 15 is 0 Å². The summed E-state index contributed by atoms with van der Waals surface area (Å²) >= 11 is 0.925. The minimum absolute atomic E-state index is 0.210. The van der Waals surface area contributed by atoms with Gasteiger partial charge in [-0.15, -0.1) is 0 Å². The van der Waals surface area contributed by atoms with Crippen molar-refractivity contribution in [2.75, 3.05) is 17.9 Å². The molecule has 1 N–H and O–H groups in total. The van der Waals surface area contributed by atoms with Crippen molar-refractivity contribution in [1.82, 2.24) is 0 Å². The topological polar surface area (TPSA) is 59.0 Å². The van der Waals surface area contributed by atoms with Crippen LogP contribution in [0.4, 0.5) is 10.5 Å². The zero-order valence-corrected chi connectivity index (χ0v) is 16.4. The highest BCUT2D eigenvalue weighted by Crippen LogP contribution is 2.34. The molecule has 5 nitrogen and oxygen atoms in total. The maximum Gasteiger partial charge on any atom is 0.309 e. The van der Waals surface area contributed by atoms with Gasteiger partial charge in [-0.2, -0.15) is 5.06 Å². The molecule has 0 aliphatic rings. The average Bonchev–Trinajstić information content (AvgIpc) is 2.66. The molecule has 0 aliphatic heterocycles. The molecule has 2 aromatic rings. The summed E-state index contributed by atoms with van der Waals surface area (Å²) in [6.07, 6.45) is 2.58. The standard InChI is InChI=1S/C20H25NO4S/c1-5-15-10-11-17(14(3)12-15)25-13-16-8-7-9-18(24-6-2)19(16)21(23)20(22)26-4/h7-12,23H,5-6,13H2,1-4H3. The molecule has 0 radical (unpaired) electrons. The third kappa shape index (κ3) is 4.71. The number of hydrogen-bond acceptors (Lipinski definition) is 5. The van der Waals surface area contributed by atoms with Gasteiger partial charge in [-0.25, -0.2) is 0 Å². The average molecular weight is 375 g/mol. The molecule has 2 aromatic carbocycles. The van der Waals surface area contributed by atoms with E-state index in [0.29, 0.717) is 28.7 Å². The Kier molecular flexibility index (Phi) is 7.36. The molecule has 6 heteroatoms. The Morgan fingerprint density at radius 1 is 1.15 bits per heavy atom. The maximum atomic E-state index is 12.0. The van der Waals surface area contributed by atoms with Crippen LogP contribution >= 0.6 is 11.8 Å². The highest BCUT2D eigenvalue weighted by molar-refractivity contribution is 8.13. The van der Waals surface area contributed by atoms with Gasteiger partial charge >= 0.3 is 5.24 Å². The van der Waals surface area contributed by atoms with E-state index in [1.165, 1.54) is 5.56 Å². The molecule has 0 heterocycles. The number of hydrogen-bond donors (Lipinski definition) is 1. The lowest BCUT2D eigenvalue weighted by atomic mass is 10.1. The number of benzene rings is 2. The molecule has 0 unspecified atom stereocenters. The summed E-state index contributed by atoms with van der Waals surface area (Å²) in [6.45, 7) is 6.60. The monoisotopic (exact) mass is 375 g/mol. The lowest BCUT2D eigenvalue weighted by molar-refractivity contribution is 0.221. The minimum atomic E-state index is -0.484. The fraction of sp³-hybridized carbons (Fsp3) is 0.350. The predicted molar refractivity (Wildman–Crippen MR) is 106 cm³/mol. The second-order valence-corrected chi connectivity index (χ2v) is 6.48. The summed E-state index contributed by atoms with van der Waals surface area (Å²) in [7, 11) is 0. The van der Waals surface area contributed by atoms with Gasteiger partial charge in [0.15, 0.2) is 0 Å². The van der Waals surface area contributed by atoms with E-state index in [9.17, 15) is 10.0 Å². The Hall–Kier alpha value is -2.18. The van der Waals surface area contributed by atoms with Crippen LogP contribution in [0.2, 0.25) is 0 Å². The second kappa shape index (κ2) is 9.50. The van der Waals surface area contributed by atoms with E-state index in [-0.39, 0.29) is 6.61 Å². The molecule has 0 spiro atoms. The zero-order valence-electron chi connectivity index (χ0n) is 15.6. The van der Waals surface area contributed by atoms with E-state index < -0.39 is 5.24 Å². The third-order valence-corrected chi connectivity index (χ3v) is 4.49. The van der Waals surface area contributed by atoms with Crippen molar-refractivity contribution in [3.8, 4) is 11.5 Å². The van der Waals surface area contributed by atoms with Crippen molar-refractivity contribution in [3.63, 3.8) is 0 Å². The fourth-order valence-electron chi connectivity index (χ4n) is 2.62. The molecule has 0 saturated carbocycles. The SMILES string of the molecule is CCOc1cccc(COc2ccc(CC)cc2C)c1N(O)C(=O)SC. The summed E-state index contributed by atoms with van der Waals surface area (Å²) in [5.41, 5.74) is 3.28. The molecular formula is C20H25NO4S. The van der Waals surface area contributed by atoms with Gasteiger partial charge in [-0.1, -0.05) is 43.0 Å². The first-order valence-corrected chi connectivity index (χ1v) is 9.78. The van der Waals surface area contributed by atoms with Crippen LogP contribution in [0.3, 0.4) is 0 Å². The Labute approximate surface area is 158 Å². The molecule has 140 valence electrons. The van der Waals surface area contributed by atoms with Crippen molar-refractivity contribution >= 4 is 22.7 Å². The van der Waals surface area contributed by atoms with Crippen molar-refractivity contribution in [3.05, 3.63) is 53.1 Å². The number of rotatable bonds is 7. The van der Waals surface area contributed by atoms with E-state index in [4.69, 9.17) is 9.47 Å². The number of nitrogens with zero attached hydrogens (tertiary/aromatic N) is 1. The highest BCUT2D eigenvalue weighted by atomic mass is 32.2. The first-order valence-electron chi connectivity index (χ1n) is 8.55. The number of anilines is 1. The Bertz CT molecular complexity index is 763. The molecule has 26 heavy (non-hydrogen) atoms. The van der Waals surface area contributed by atoms with Gasteiger partial charge in [-0.3, -0.25) is 10.0 Å². The van der Waals surface area contributed by atoms with Crippen LogP contribution in [0.5, 0.6) is 11.5 Å². The zero-order chi connectivity index (χ0) is 19.1. The largest absolute Gasteiger partial charge is 0.492 e. The van der Waals surface area contributed by atoms with E-state index in [1.54, 1.807) is 12.3 Å². The van der Waals surface area contributed by atoms with Crippen molar-refractivity contribution in [1.29, 1.82) is 0 Å². The Morgan fingerprint density at radius 2 is 1.92 bits per heavy atom. The van der Waals surface area contributed by atoms with E-state index in [1.807, 2.05) is 38.1 Å². The molecule has 0 atom stereocenters. The highest BCUT2D eigenvalue weighted by Gasteiger charge is 2.21. The number of hydroxylamine groups is 1. The normalized spacial score (nSPS) is 10.5. The van der Waals surface area contributed by atoms with Gasteiger partial charge in [-0.05, 0) is 49.8 Å². The van der Waals surface area contributed by atoms with Crippen molar-refractivity contribution in [2.45, 2.75) is 33.8 Å².